The van der Waals surface area contributed by atoms with E-state index in [4.69, 9.17) is 0 Å². The Morgan fingerprint density at radius 2 is 0.952 bits per heavy atom. The molecule has 0 aromatic carbocycles. The van der Waals surface area contributed by atoms with Crippen LogP contribution in [0, 0.1) is 5.92 Å². The normalized spacial score (nSPS) is 10.4. The van der Waals surface area contributed by atoms with E-state index in [0.29, 0.717) is 0 Å². The highest BCUT2D eigenvalue weighted by Crippen LogP contribution is 2.07. The standard InChI is InChI=1S/C9H21N.C7H16.2C2H6/c1-4-7-10(8-5-2)9-6-3;1-4-6-7(3)5-2;2*1-2/h4-9H2,1-3H3;7H,4-6H2,1-3H3;2*1-2H3. The average Bonchev–Trinajstić information content (AvgIpc) is 2.53. The Hall–Kier alpha value is -0.0400. The molecule has 0 amide bonds. The van der Waals surface area contributed by atoms with Gasteiger partial charge in [-0.1, -0.05) is 88.5 Å². The molecular weight excluding hydrogens is 254 g/mol. The van der Waals surface area contributed by atoms with Gasteiger partial charge in [0.25, 0.3) is 0 Å². The maximum absolute atomic E-state index is 2.54. The molecule has 0 saturated carbocycles. The lowest BCUT2D eigenvalue weighted by Gasteiger charge is -2.19. The molecule has 21 heavy (non-hydrogen) atoms. The molecule has 0 aliphatic carbocycles. The lowest BCUT2D eigenvalue weighted by atomic mass is 10.0. The van der Waals surface area contributed by atoms with E-state index >= 15 is 0 Å². The first-order valence-corrected chi connectivity index (χ1v) is 9.88. The van der Waals surface area contributed by atoms with Crippen molar-refractivity contribution in [3.05, 3.63) is 0 Å². The molecule has 0 rings (SSSR count). The van der Waals surface area contributed by atoms with Crippen molar-refractivity contribution in [2.45, 2.75) is 108 Å². The highest BCUT2D eigenvalue weighted by molar-refractivity contribution is 4.53. The fraction of sp³-hybridized carbons (Fsp3) is 1.00. The predicted molar refractivity (Wildman–Crippen MR) is 104 cm³/mol. The first-order chi connectivity index (χ1) is 10.2. The number of nitrogens with zero attached hydrogens (tertiary/aromatic N) is 1. The van der Waals surface area contributed by atoms with E-state index in [-0.39, 0.29) is 0 Å². The van der Waals surface area contributed by atoms with Gasteiger partial charge in [0, 0.05) is 0 Å². The number of rotatable bonds is 9. The van der Waals surface area contributed by atoms with Gasteiger partial charge in [-0.25, -0.2) is 0 Å². The lowest BCUT2D eigenvalue weighted by molar-refractivity contribution is 0.275. The molecule has 0 fully saturated rings. The minimum atomic E-state index is 0.949. The molecule has 0 radical (unpaired) electrons. The van der Waals surface area contributed by atoms with Crippen LogP contribution in [0.15, 0.2) is 0 Å². The van der Waals surface area contributed by atoms with Crippen LogP contribution in [0.3, 0.4) is 0 Å². The smallest absolute Gasteiger partial charge is 0.00214 e. The average molecular weight is 304 g/mol. The van der Waals surface area contributed by atoms with E-state index in [0.717, 1.165) is 5.92 Å². The van der Waals surface area contributed by atoms with Crippen molar-refractivity contribution in [3.8, 4) is 0 Å². The Kier molecular flexibility index (Phi) is 44.3. The molecule has 0 N–H and O–H groups in total. The Morgan fingerprint density at radius 1 is 0.619 bits per heavy atom. The summed E-state index contributed by atoms with van der Waals surface area (Å²) in [5.41, 5.74) is 0. The molecule has 134 valence electrons. The Balaban J connectivity index is -0.000000115. The third-order valence-corrected chi connectivity index (χ3v) is 3.10. The molecule has 0 spiro atoms. The summed E-state index contributed by atoms with van der Waals surface area (Å²) in [4.78, 5) is 2.54. The van der Waals surface area contributed by atoms with Crippen molar-refractivity contribution in [1.29, 1.82) is 0 Å². The van der Waals surface area contributed by atoms with Crippen LogP contribution in [0.25, 0.3) is 0 Å². The summed E-state index contributed by atoms with van der Waals surface area (Å²) in [6.07, 6.45) is 7.96. The van der Waals surface area contributed by atoms with Crippen molar-refractivity contribution in [1.82, 2.24) is 4.90 Å². The van der Waals surface area contributed by atoms with Gasteiger partial charge in [-0.3, -0.25) is 0 Å². The van der Waals surface area contributed by atoms with Gasteiger partial charge in [0.05, 0.1) is 0 Å². The van der Waals surface area contributed by atoms with Gasteiger partial charge in [0.1, 0.15) is 0 Å². The zero-order chi connectivity index (χ0) is 17.5. The van der Waals surface area contributed by atoms with Crippen LogP contribution < -0.4 is 0 Å². The maximum Gasteiger partial charge on any atom is -0.00214 e. The molecule has 0 aromatic rings. The summed E-state index contributed by atoms with van der Waals surface area (Å²) in [6, 6.07) is 0. The van der Waals surface area contributed by atoms with Crippen molar-refractivity contribution in [3.63, 3.8) is 0 Å². The largest absolute Gasteiger partial charge is 0.303 e. The van der Waals surface area contributed by atoms with Gasteiger partial charge < -0.3 is 4.90 Å². The predicted octanol–water partition coefficient (Wildman–Crippen LogP) is 7.40. The summed E-state index contributed by atoms with van der Waals surface area (Å²) in [7, 11) is 0. The van der Waals surface area contributed by atoms with Gasteiger partial charge in [-0.2, -0.15) is 0 Å². The van der Waals surface area contributed by atoms with Gasteiger partial charge in [0.2, 0.25) is 0 Å². The molecule has 0 aliphatic heterocycles. The zero-order valence-corrected chi connectivity index (χ0v) is 17.4. The molecule has 0 aliphatic rings. The van der Waals surface area contributed by atoms with Crippen LogP contribution >= 0.6 is 0 Å². The fourth-order valence-electron chi connectivity index (χ4n) is 1.98. The molecule has 1 atom stereocenters. The molecular formula is C20H49N. The van der Waals surface area contributed by atoms with Crippen molar-refractivity contribution in [2.24, 2.45) is 5.92 Å². The van der Waals surface area contributed by atoms with E-state index in [1.165, 1.54) is 58.2 Å². The second-order valence-corrected chi connectivity index (χ2v) is 5.14. The molecule has 0 saturated heterocycles. The topological polar surface area (TPSA) is 3.24 Å². The monoisotopic (exact) mass is 303 g/mol. The van der Waals surface area contributed by atoms with Gasteiger partial charge in [-0.15, -0.1) is 0 Å². The second kappa shape index (κ2) is 32.1. The Labute approximate surface area is 138 Å². The number of hydrogen-bond acceptors (Lipinski definition) is 1. The first kappa shape index (κ1) is 29.0. The van der Waals surface area contributed by atoms with Gasteiger partial charge in [-0.05, 0) is 44.8 Å². The van der Waals surface area contributed by atoms with Gasteiger partial charge >= 0.3 is 0 Å². The van der Waals surface area contributed by atoms with Crippen molar-refractivity contribution >= 4 is 0 Å². The van der Waals surface area contributed by atoms with Crippen molar-refractivity contribution < 1.29 is 0 Å². The van der Waals surface area contributed by atoms with Crippen LogP contribution in [0.5, 0.6) is 0 Å². The summed E-state index contributed by atoms with van der Waals surface area (Å²) in [5, 5.41) is 0. The second-order valence-electron chi connectivity index (χ2n) is 5.14. The van der Waals surface area contributed by atoms with Crippen LogP contribution in [-0.4, -0.2) is 24.5 Å². The summed E-state index contributed by atoms with van der Waals surface area (Å²) >= 11 is 0. The van der Waals surface area contributed by atoms with Crippen molar-refractivity contribution in [2.75, 3.05) is 19.6 Å². The van der Waals surface area contributed by atoms with Crippen LogP contribution in [-0.2, 0) is 0 Å². The van der Waals surface area contributed by atoms with E-state index in [1.807, 2.05) is 27.7 Å². The quantitative estimate of drug-likeness (QED) is 0.429. The third kappa shape index (κ3) is 33.0. The van der Waals surface area contributed by atoms with E-state index in [2.05, 4.69) is 46.4 Å². The lowest BCUT2D eigenvalue weighted by Crippen LogP contribution is -2.25. The van der Waals surface area contributed by atoms with Crippen LogP contribution in [0.2, 0.25) is 0 Å². The highest BCUT2D eigenvalue weighted by Gasteiger charge is 1.98. The third-order valence-electron chi connectivity index (χ3n) is 3.10. The zero-order valence-electron chi connectivity index (χ0n) is 17.4. The maximum atomic E-state index is 2.54. The van der Waals surface area contributed by atoms with E-state index in [1.54, 1.807) is 0 Å². The molecule has 1 nitrogen and oxygen atoms in total. The van der Waals surface area contributed by atoms with Gasteiger partial charge in [0.15, 0.2) is 0 Å². The van der Waals surface area contributed by atoms with E-state index < -0.39 is 0 Å². The Bertz CT molecular complexity index is 109. The van der Waals surface area contributed by atoms with Crippen LogP contribution in [0.4, 0.5) is 0 Å². The molecule has 1 heteroatoms. The number of hydrogen-bond donors (Lipinski definition) is 0. The molecule has 0 heterocycles. The van der Waals surface area contributed by atoms with Crippen LogP contribution in [0.1, 0.15) is 108 Å². The molecule has 0 aromatic heterocycles. The summed E-state index contributed by atoms with van der Waals surface area (Å²) in [5.74, 6) is 0.949. The van der Waals surface area contributed by atoms with E-state index in [9.17, 15) is 0 Å². The molecule has 1 unspecified atom stereocenters. The highest BCUT2D eigenvalue weighted by atomic mass is 15.1. The summed E-state index contributed by atoms with van der Waals surface area (Å²) < 4.78 is 0. The fourth-order valence-corrected chi connectivity index (χ4v) is 1.98. The SMILES string of the molecule is CC.CC.CCCC(C)CC.CCCN(CCC)CCC. The Morgan fingerprint density at radius 3 is 1.10 bits per heavy atom. The minimum Gasteiger partial charge on any atom is -0.303 e. The summed E-state index contributed by atoms with van der Waals surface area (Å²) in [6.45, 7) is 25.4. The minimum absolute atomic E-state index is 0.949. The molecule has 0 bridgehead atoms. The first-order valence-electron chi connectivity index (χ1n) is 9.88.